The molecular weight excluding hydrogens is 540 g/mol. The first kappa shape index (κ1) is 24.5. The molecule has 0 unspecified atom stereocenters. The van der Waals surface area contributed by atoms with E-state index in [1.54, 1.807) is 6.33 Å². The second-order valence-corrected chi connectivity index (χ2v) is 13.6. The van der Waals surface area contributed by atoms with E-state index in [1.807, 2.05) is 53.2 Å². The van der Waals surface area contributed by atoms with Crippen molar-refractivity contribution in [3.63, 3.8) is 0 Å². The van der Waals surface area contributed by atoms with Crippen LogP contribution in [0.25, 0.3) is 44.3 Å². The fourth-order valence-electron chi connectivity index (χ4n) is 6.12. The lowest BCUT2D eigenvalue weighted by Crippen LogP contribution is -2.25. The standard InChI is InChI=1S/C39H39N4O/c1-38(2,3)26-20-21-40-37(22-26)43-32-13-9-8-12-29(32)30-18-16-27(23-35(30)43)44-28-17-19-31(39(4,5)6)36(24-28)42-25-41(7)33-14-10-11-15-34(33)42/h8-25H,1-7H3/q+1/i7D3. The molecular formula is C39H39N4O+. The summed E-state index contributed by atoms with van der Waals surface area (Å²) in [5, 5.41) is 2.27. The minimum absolute atomic E-state index is 0.0184. The van der Waals surface area contributed by atoms with Gasteiger partial charge in [-0.25, -0.2) is 9.55 Å². The average molecular weight is 583 g/mol. The molecule has 0 saturated heterocycles. The summed E-state index contributed by atoms with van der Waals surface area (Å²) in [6.45, 7) is 10.8. The van der Waals surface area contributed by atoms with E-state index in [0.717, 1.165) is 44.4 Å². The van der Waals surface area contributed by atoms with Crippen LogP contribution < -0.4 is 9.30 Å². The molecule has 0 aliphatic rings. The van der Waals surface area contributed by atoms with Crippen molar-refractivity contribution in [2.45, 2.75) is 52.4 Å². The Bertz CT molecular complexity index is 2300. The maximum Gasteiger partial charge on any atom is 0.249 e. The lowest BCUT2D eigenvalue weighted by Gasteiger charge is -2.22. The largest absolute Gasteiger partial charge is 0.457 e. The number of nitrogens with zero attached hydrogens (tertiary/aromatic N) is 4. The van der Waals surface area contributed by atoms with Crippen LogP contribution in [0.5, 0.6) is 11.5 Å². The maximum absolute atomic E-state index is 8.18. The minimum atomic E-state index is -2.32. The van der Waals surface area contributed by atoms with Crippen LogP contribution >= 0.6 is 0 Å². The number of hydrogen-bond donors (Lipinski definition) is 0. The molecule has 5 heteroatoms. The predicted molar refractivity (Wildman–Crippen MR) is 181 cm³/mol. The molecule has 4 aromatic carbocycles. The van der Waals surface area contributed by atoms with Crippen LogP contribution in [0.3, 0.4) is 0 Å². The minimum Gasteiger partial charge on any atom is -0.457 e. The van der Waals surface area contributed by atoms with Crippen molar-refractivity contribution in [2.24, 2.45) is 6.98 Å². The summed E-state index contributed by atoms with van der Waals surface area (Å²) < 4.78 is 36.7. The van der Waals surface area contributed by atoms with Crippen molar-refractivity contribution in [3.8, 4) is 23.0 Å². The first-order valence-electron chi connectivity index (χ1n) is 16.6. The van der Waals surface area contributed by atoms with Crippen molar-refractivity contribution in [1.29, 1.82) is 0 Å². The fraction of sp³-hybridized carbons (Fsp3) is 0.231. The number of imidazole rings is 1. The van der Waals surface area contributed by atoms with Crippen LogP contribution in [0.4, 0.5) is 0 Å². The summed E-state index contributed by atoms with van der Waals surface area (Å²) >= 11 is 0. The van der Waals surface area contributed by atoms with Gasteiger partial charge in [-0.3, -0.25) is 4.57 Å². The van der Waals surface area contributed by atoms with E-state index in [0.29, 0.717) is 17.0 Å². The Morgan fingerprint density at radius 2 is 1.41 bits per heavy atom. The number of aryl methyl sites for hydroxylation is 1. The van der Waals surface area contributed by atoms with Gasteiger partial charge in [-0.2, -0.15) is 4.57 Å². The molecule has 0 amide bonds. The summed E-state index contributed by atoms with van der Waals surface area (Å²) in [5.41, 5.74) is 6.46. The van der Waals surface area contributed by atoms with E-state index in [4.69, 9.17) is 13.8 Å². The first-order chi connectivity index (χ1) is 22.2. The van der Waals surface area contributed by atoms with Gasteiger partial charge in [0.2, 0.25) is 6.33 Å². The van der Waals surface area contributed by atoms with E-state index >= 15 is 0 Å². The first-order valence-corrected chi connectivity index (χ1v) is 15.1. The molecule has 3 heterocycles. The van der Waals surface area contributed by atoms with E-state index < -0.39 is 6.98 Å². The molecule has 3 aromatic heterocycles. The van der Waals surface area contributed by atoms with E-state index in [-0.39, 0.29) is 10.8 Å². The molecule has 7 aromatic rings. The quantitative estimate of drug-likeness (QED) is 0.194. The lowest BCUT2D eigenvalue weighted by atomic mass is 9.85. The number of aromatic nitrogens is 4. The van der Waals surface area contributed by atoms with Gasteiger partial charge < -0.3 is 4.74 Å². The molecule has 0 N–H and O–H groups in total. The smallest absolute Gasteiger partial charge is 0.249 e. The summed E-state index contributed by atoms with van der Waals surface area (Å²) in [7, 11) is 0. The van der Waals surface area contributed by atoms with Crippen molar-refractivity contribution in [1.82, 2.24) is 14.1 Å². The summed E-state index contributed by atoms with van der Waals surface area (Å²) in [5.74, 6) is 2.21. The van der Waals surface area contributed by atoms with Crippen LogP contribution in [-0.2, 0) is 17.8 Å². The SMILES string of the molecule is [2H]C([2H])([2H])[n+]1cn(-c2cc(Oc3ccc4c5ccccc5n(-c5cc(C(C)(C)C)ccn5)c4c3)ccc2C(C)(C)C)c2ccccc21. The highest BCUT2D eigenvalue weighted by atomic mass is 16.5. The average Bonchev–Trinajstić information content (AvgIpc) is 3.57. The molecule has 0 atom stereocenters. The van der Waals surface area contributed by atoms with Gasteiger partial charge in [0.15, 0.2) is 11.0 Å². The molecule has 5 nitrogen and oxygen atoms in total. The fourth-order valence-corrected chi connectivity index (χ4v) is 6.12. The zero-order valence-electron chi connectivity index (χ0n) is 29.1. The number of benzene rings is 4. The zero-order chi connectivity index (χ0) is 33.3. The molecule has 44 heavy (non-hydrogen) atoms. The molecule has 7 rings (SSSR count). The molecule has 0 aliphatic heterocycles. The Labute approximate surface area is 263 Å². The molecule has 0 bridgehead atoms. The number of para-hydroxylation sites is 3. The van der Waals surface area contributed by atoms with Crippen LogP contribution in [0.1, 0.15) is 56.8 Å². The van der Waals surface area contributed by atoms with Gasteiger partial charge in [0, 0.05) is 34.7 Å². The van der Waals surface area contributed by atoms with Crippen molar-refractivity contribution >= 4 is 32.8 Å². The zero-order valence-corrected chi connectivity index (χ0v) is 26.1. The highest BCUT2D eigenvalue weighted by Gasteiger charge is 2.25. The van der Waals surface area contributed by atoms with Gasteiger partial charge in [-0.15, -0.1) is 0 Å². The summed E-state index contributed by atoms with van der Waals surface area (Å²) in [6, 6.07) is 32.5. The molecule has 220 valence electrons. The van der Waals surface area contributed by atoms with Gasteiger partial charge in [0.05, 0.1) is 22.1 Å². The lowest BCUT2D eigenvalue weighted by molar-refractivity contribution is -0.645. The van der Waals surface area contributed by atoms with Gasteiger partial charge in [-0.1, -0.05) is 77.9 Å². The summed E-state index contributed by atoms with van der Waals surface area (Å²) in [6.07, 6.45) is 3.56. The third-order valence-electron chi connectivity index (χ3n) is 8.39. The van der Waals surface area contributed by atoms with Gasteiger partial charge in [0.1, 0.15) is 23.0 Å². The third kappa shape index (κ3) is 4.73. The number of pyridine rings is 1. The second-order valence-electron chi connectivity index (χ2n) is 13.6. The molecule has 0 fully saturated rings. The van der Waals surface area contributed by atoms with Gasteiger partial charge in [-0.05, 0) is 64.9 Å². The van der Waals surface area contributed by atoms with E-state index in [1.165, 1.54) is 10.1 Å². The van der Waals surface area contributed by atoms with Gasteiger partial charge in [0.25, 0.3) is 0 Å². The second kappa shape index (κ2) is 10.1. The van der Waals surface area contributed by atoms with Crippen molar-refractivity contribution in [2.75, 3.05) is 0 Å². The molecule has 0 saturated carbocycles. The van der Waals surface area contributed by atoms with Crippen molar-refractivity contribution in [3.05, 3.63) is 121 Å². The Balaban J connectivity index is 1.38. The Kier molecular flexibility index (Phi) is 5.62. The third-order valence-corrected chi connectivity index (χ3v) is 8.39. The number of rotatable bonds is 4. The Hall–Kier alpha value is -4.90. The number of hydrogen-bond acceptors (Lipinski definition) is 2. The maximum atomic E-state index is 8.18. The topological polar surface area (TPSA) is 35.9 Å². The highest BCUT2D eigenvalue weighted by Crippen LogP contribution is 2.38. The summed E-state index contributed by atoms with van der Waals surface area (Å²) in [4.78, 5) is 4.81. The highest BCUT2D eigenvalue weighted by molar-refractivity contribution is 6.09. The Morgan fingerprint density at radius 3 is 2.18 bits per heavy atom. The van der Waals surface area contributed by atoms with Gasteiger partial charge >= 0.3 is 0 Å². The number of ether oxygens (including phenoxy) is 1. The Morgan fingerprint density at radius 1 is 0.705 bits per heavy atom. The van der Waals surface area contributed by atoms with E-state index in [9.17, 15) is 0 Å². The normalized spacial score (nSPS) is 13.7. The van der Waals surface area contributed by atoms with Crippen LogP contribution in [0, 0.1) is 0 Å². The monoisotopic (exact) mass is 582 g/mol. The molecule has 0 radical (unpaired) electrons. The van der Waals surface area contributed by atoms with Crippen LogP contribution in [-0.4, -0.2) is 14.1 Å². The molecule has 0 aliphatic carbocycles. The van der Waals surface area contributed by atoms with E-state index in [2.05, 4.69) is 101 Å². The van der Waals surface area contributed by atoms with Crippen LogP contribution in [0.2, 0.25) is 0 Å². The van der Waals surface area contributed by atoms with Crippen LogP contribution in [0.15, 0.2) is 110 Å². The molecule has 0 spiro atoms. The predicted octanol–water partition coefficient (Wildman–Crippen LogP) is 9.33. The van der Waals surface area contributed by atoms with Crippen molar-refractivity contribution < 1.29 is 13.4 Å². The number of fused-ring (bicyclic) bond motifs is 4.